The van der Waals surface area contributed by atoms with Crippen LogP contribution >= 0.6 is 11.3 Å². The zero-order chi connectivity index (χ0) is 17.2. The fraction of sp³-hybridized carbons (Fsp3) is 0.263. The molecule has 1 amide bonds. The van der Waals surface area contributed by atoms with Crippen LogP contribution in [0.2, 0.25) is 0 Å². The Hall–Kier alpha value is -2.44. The first-order valence-electron chi connectivity index (χ1n) is 8.43. The lowest BCUT2D eigenvalue weighted by molar-refractivity contribution is 0.0714. The molecule has 25 heavy (non-hydrogen) atoms. The lowest BCUT2D eigenvalue weighted by Gasteiger charge is -2.31. The molecule has 1 aromatic carbocycles. The Morgan fingerprint density at radius 1 is 1.28 bits per heavy atom. The minimum absolute atomic E-state index is 0.120. The van der Waals surface area contributed by atoms with E-state index >= 15 is 0 Å². The van der Waals surface area contributed by atoms with Gasteiger partial charge < -0.3 is 10.2 Å². The topological polar surface area (TPSA) is 61.0 Å². The molecule has 0 bridgehead atoms. The molecular formula is C19H20N4OS. The average molecular weight is 352 g/mol. The molecule has 4 rings (SSSR count). The summed E-state index contributed by atoms with van der Waals surface area (Å²) in [6.45, 7) is 4.48. The van der Waals surface area contributed by atoms with Gasteiger partial charge >= 0.3 is 0 Å². The van der Waals surface area contributed by atoms with E-state index in [1.807, 2.05) is 40.7 Å². The van der Waals surface area contributed by atoms with Crippen LogP contribution in [0, 0.1) is 0 Å². The highest BCUT2D eigenvalue weighted by atomic mass is 32.1. The van der Waals surface area contributed by atoms with Crippen molar-refractivity contribution >= 4 is 17.2 Å². The number of rotatable bonds is 3. The molecule has 1 aliphatic rings. The number of carbonyl (C=O) groups is 1. The van der Waals surface area contributed by atoms with Crippen molar-refractivity contribution in [1.82, 2.24) is 20.4 Å². The van der Waals surface area contributed by atoms with E-state index in [1.54, 1.807) is 0 Å². The zero-order valence-electron chi connectivity index (χ0n) is 14.0. The Morgan fingerprint density at radius 3 is 2.92 bits per heavy atom. The standard InChI is InChI=1S/C19H20N4OS/c1-13-11-23(8-7-20-13)19(24)17-9-15(12-25-17)16-10-21-22-18(16)14-5-3-2-4-6-14/h2-6,9-10,12-13,20H,7-8,11H2,1H3,(H,21,22)/t13-/m0/s1. The zero-order valence-corrected chi connectivity index (χ0v) is 14.8. The Bertz CT molecular complexity index is 870. The van der Waals surface area contributed by atoms with E-state index in [2.05, 4.69) is 34.6 Å². The molecule has 0 radical (unpaired) electrons. The summed E-state index contributed by atoms with van der Waals surface area (Å²) in [4.78, 5) is 15.5. The molecule has 0 saturated carbocycles. The van der Waals surface area contributed by atoms with Gasteiger partial charge in [0.15, 0.2) is 0 Å². The fourth-order valence-electron chi connectivity index (χ4n) is 3.19. The largest absolute Gasteiger partial charge is 0.335 e. The third-order valence-corrected chi connectivity index (χ3v) is 5.40. The number of benzene rings is 1. The third-order valence-electron chi connectivity index (χ3n) is 4.48. The Morgan fingerprint density at radius 2 is 2.12 bits per heavy atom. The molecule has 128 valence electrons. The van der Waals surface area contributed by atoms with Gasteiger partial charge in [0.05, 0.1) is 16.8 Å². The normalized spacial score (nSPS) is 17.6. The molecular weight excluding hydrogens is 332 g/mol. The van der Waals surface area contributed by atoms with Crippen LogP contribution < -0.4 is 5.32 Å². The number of amides is 1. The number of nitrogens with zero attached hydrogens (tertiary/aromatic N) is 2. The van der Waals surface area contributed by atoms with Crippen molar-refractivity contribution in [1.29, 1.82) is 0 Å². The van der Waals surface area contributed by atoms with E-state index in [0.717, 1.165) is 46.9 Å². The second-order valence-corrected chi connectivity index (χ2v) is 7.24. The fourth-order valence-corrected chi connectivity index (χ4v) is 4.07. The minimum atomic E-state index is 0.120. The van der Waals surface area contributed by atoms with Crippen LogP contribution in [-0.4, -0.2) is 46.7 Å². The van der Waals surface area contributed by atoms with Gasteiger partial charge in [-0.1, -0.05) is 30.3 Å². The molecule has 0 spiro atoms. The van der Waals surface area contributed by atoms with Crippen molar-refractivity contribution in [3.63, 3.8) is 0 Å². The molecule has 1 aliphatic heterocycles. The molecule has 2 N–H and O–H groups in total. The Kier molecular flexibility index (Phi) is 4.38. The van der Waals surface area contributed by atoms with Gasteiger partial charge in [-0.05, 0) is 23.9 Å². The third kappa shape index (κ3) is 3.23. The van der Waals surface area contributed by atoms with Crippen LogP contribution in [0.3, 0.4) is 0 Å². The van der Waals surface area contributed by atoms with Gasteiger partial charge in [0.2, 0.25) is 0 Å². The van der Waals surface area contributed by atoms with Crippen molar-refractivity contribution in [3.8, 4) is 22.4 Å². The van der Waals surface area contributed by atoms with E-state index < -0.39 is 0 Å². The number of aromatic nitrogens is 2. The van der Waals surface area contributed by atoms with Gasteiger partial charge in [0.25, 0.3) is 5.91 Å². The number of aromatic amines is 1. The van der Waals surface area contributed by atoms with Crippen LogP contribution in [0.5, 0.6) is 0 Å². The Labute approximate surface area is 150 Å². The maximum Gasteiger partial charge on any atom is 0.264 e. The predicted octanol–water partition coefficient (Wildman–Crippen LogP) is 3.24. The van der Waals surface area contributed by atoms with Gasteiger partial charge in [-0.15, -0.1) is 11.3 Å². The van der Waals surface area contributed by atoms with Crippen molar-refractivity contribution in [2.45, 2.75) is 13.0 Å². The van der Waals surface area contributed by atoms with Gasteiger partial charge in [-0.3, -0.25) is 9.89 Å². The average Bonchev–Trinajstić information content (AvgIpc) is 3.31. The number of hydrogen-bond acceptors (Lipinski definition) is 4. The quantitative estimate of drug-likeness (QED) is 0.761. The van der Waals surface area contributed by atoms with Crippen LogP contribution in [0.4, 0.5) is 0 Å². The van der Waals surface area contributed by atoms with E-state index in [1.165, 1.54) is 11.3 Å². The second kappa shape index (κ2) is 6.82. The van der Waals surface area contributed by atoms with Crippen LogP contribution in [0.15, 0.2) is 48.0 Å². The van der Waals surface area contributed by atoms with Crippen LogP contribution in [-0.2, 0) is 0 Å². The maximum absolute atomic E-state index is 12.8. The van der Waals surface area contributed by atoms with Crippen LogP contribution in [0.25, 0.3) is 22.4 Å². The first kappa shape index (κ1) is 16.1. The second-order valence-electron chi connectivity index (χ2n) is 6.33. The predicted molar refractivity (Wildman–Crippen MR) is 101 cm³/mol. The lowest BCUT2D eigenvalue weighted by atomic mass is 10.0. The van der Waals surface area contributed by atoms with Crippen molar-refractivity contribution < 1.29 is 4.79 Å². The molecule has 5 nitrogen and oxygen atoms in total. The smallest absolute Gasteiger partial charge is 0.264 e. The number of piperazine rings is 1. The number of nitrogens with one attached hydrogen (secondary N) is 2. The molecule has 6 heteroatoms. The number of carbonyl (C=O) groups excluding carboxylic acids is 1. The van der Waals surface area contributed by atoms with Crippen molar-refractivity contribution in [2.75, 3.05) is 19.6 Å². The van der Waals surface area contributed by atoms with Crippen molar-refractivity contribution in [3.05, 3.63) is 52.9 Å². The molecule has 0 aliphatic carbocycles. The summed E-state index contributed by atoms with van der Waals surface area (Å²) in [7, 11) is 0. The van der Waals surface area contributed by atoms with Gasteiger partial charge in [0.1, 0.15) is 0 Å². The summed E-state index contributed by atoms with van der Waals surface area (Å²) < 4.78 is 0. The van der Waals surface area contributed by atoms with E-state index in [9.17, 15) is 4.79 Å². The summed E-state index contributed by atoms with van der Waals surface area (Å²) in [5.74, 6) is 0.120. The molecule has 3 aromatic rings. The lowest BCUT2D eigenvalue weighted by Crippen LogP contribution is -2.51. The van der Waals surface area contributed by atoms with E-state index in [-0.39, 0.29) is 5.91 Å². The molecule has 1 fully saturated rings. The first-order valence-corrected chi connectivity index (χ1v) is 9.30. The summed E-state index contributed by atoms with van der Waals surface area (Å²) >= 11 is 1.50. The number of thiophene rings is 1. The first-order chi connectivity index (χ1) is 12.2. The van der Waals surface area contributed by atoms with E-state index in [4.69, 9.17) is 0 Å². The molecule has 0 unspecified atom stereocenters. The molecule has 3 heterocycles. The minimum Gasteiger partial charge on any atom is -0.335 e. The van der Waals surface area contributed by atoms with Gasteiger partial charge in [-0.25, -0.2) is 0 Å². The number of hydrogen-bond donors (Lipinski definition) is 2. The van der Waals surface area contributed by atoms with Gasteiger partial charge in [-0.2, -0.15) is 5.10 Å². The summed E-state index contributed by atoms with van der Waals surface area (Å²) in [5.41, 5.74) is 4.12. The highest BCUT2D eigenvalue weighted by Crippen LogP contribution is 2.33. The molecule has 1 atom stereocenters. The van der Waals surface area contributed by atoms with Crippen molar-refractivity contribution in [2.24, 2.45) is 0 Å². The highest BCUT2D eigenvalue weighted by Gasteiger charge is 2.23. The van der Waals surface area contributed by atoms with Crippen LogP contribution in [0.1, 0.15) is 16.6 Å². The summed E-state index contributed by atoms with van der Waals surface area (Å²) in [5, 5.41) is 12.7. The maximum atomic E-state index is 12.8. The number of H-pyrrole nitrogens is 1. The van der Waals surface area contributed by atoms with Gasteiger partial charge in [0, 0.05) is 36.8 Å². The SMILES string of the molecule is C[C@H]1CN(C(=O)c2cc(-c3cn[nH]c3-c3ccccc3)cs2)CCN1. The highest BCUT2D eigenvalue weighted by molar-refractivity contribution is 7.12. The summed E-state index contributed by atoms with van der Waals surface area (Å²) in [6.07, 6.45) is 1.82. The Balaban J connectivity index is 1.60. The summed E-state index contributed by atoms with van der Waals surface area (Å²) in [6, 6.07) is 12.4. The van der Waals surface area contributed by atoms with E-state index in [0.29, 0.717) is 6.04 Å². The molecule has 2 aromatic heterocycles. The molecule has 1 saturated heterocycles. The monoisotopic (exact) mass is 352 g/mol.